The van der Waals surface area contributed by atoms with Crippen molar-refractivity contribution in [1.82, 2.24) is 0 Å². The van der Waals surface area contributed by atoms with Crippen molar-refractivity contribution in [3.63, 3.8) is 0 Å². The molecule has 4 aromatic rings. The third-order valence-corrected chi connectivity index (χ3v) is 4.58. The van der Waals surface area contributed by atoms with Gasteiger partial charge in [-0.1, -0.05) is 76.6 Å². The van der Waals surface area contributed by atoms with Crippen molar-refractivity contribution >= 4 is 48.2 Å². The van der Waals surface area contributed by atoms with Crippen LogP contribution in [0.15, 0.2) is 66.7 Å². The van der Waals surface area contributed by atoms with Gasteiger partial charge in [-0.05, 0) is 43.9 Å². The Morgan fingerprint density at radius 3 is 2.10 bits per heavy atom. The maximum atomic E-state index is 3.66. The molecule has 0 fully saturated rings. The molecule has 0 aliphatic carbocycles. The van der Waals surface area contributed by atoms with Gasteiger partial charge in [-0.3, -0.25) is 0 Å². The van der Waals surface area contributed by atoms with Crippen molar-refractivity contribution in [1.29, 1.82) is 0 Å². The lowest BCUT2D eigenvalue weighted by atomic mass is 9.94. The van der Waals surface area contributed by atoms with Gasteiger partial charge in [0.1, 0.15) is 0 Å². The molecule has 0 spiro atoms. The molecular formula is C19H13Br. The standard InChI is InChI=1S/C19H13Br/c20-12-19-16-8-4-2-6-14(16)11-18-15-7-3-1-5-13(15)9-10-17(18)19/h1-11H,12H2. The Kier molecular flexibility index (Phi) is 2.75. The van der Waals surface area contributed by atoms with Crippen LogP contribution in [0.25, 0.3) is 32.3 Å². The predicted octanol–water partition coefficient (Wildman–Crippen LogP) is 6.04. The fourth-order valence-electron chi connectivity index (χ4n) is 3.06. The van der Waals surface area contributed by atoms with Crippen LogP contribution < -0.4 is 0 Å². The minimum absolute atomic E-state index is 0.878. The van der Waals surface area contributed by atoms with Crippen LogP contribution in [0.3, 0.4) is 0 Å². The Morgan fingerprint density at radius 2 is 1.30 bits per heavy atom. The largest absolute Gasteiger partial charge is 0.0876 e. The van der Waals surface area contributed by atoms with Crippen LogP contribution in [0.5, 0.6) is 0 Å². The van der Waals surface area contributed by atoms with E-state index in [1.54, 1.807) is 0 Å². The van der Waals surface area contributed by atoms with Gasteiger partial charge in [-0.2, -0.15) is 0 Å². The second-order valence-electron chi connectivity index (χ2n) is 5.09. The summed E-state index contributed by atoms with van der Waals surface area (Å²) < 4.78 is 0. The third kappa shape index (κ3) is 1.66. The first-order valence-electron chi connectivity index (χ1n) is 6.76. The Balaban J connectivity index is 2.30. The highest BCUT2D eigenvalue weighted by Crippen LogP contribution is 2.34. The monoisotopic (exact) mass is 320 g/mol. The van der Waals surface area contributed by atoms with Crippen molar-refractivity contribution in [2.75, 3.05) is 0 Å². The van der Waals surface area contributed by atoms with Gasteiger partial charge in [0.25, 0.3) is 0 Å². The highest BCUT2D eigenvalue weighted by atomic mass is 79.9. The molecule has 0 saturated carbocycles. The number of halogens is 1. The summed E-state index contributed by atoms with van der Waals surface area (Å²) >= 11 is 3.66. The van der Waals surface area contributed by atoms with E-state index >= 15 is 0 Å². The first-order chi connectivity index (χ1) is 9.88. The van der Waals surface area contributed by atoms with Crippen LogP contribution in [0.2, 0.25) is 0 Å². The predicted molar refractivity (Wildman–Crippen MR) is 91.6 cm³/mol. The van der Waals surface area contributed by atoms with Crippen molar-refractivity contribution in [3.05, 3.63) is 72.3 Å². The van der Waals surface area contributed by atoms with Crippen LogP contribution >= 0.6 is 15.9 Å². The van der Waals surface area contributed by atoms with E-state index in [0.717, 1.165) is 5.33 Å². The molecule has 0 heterocycles. The smallest absolute Gasteiger partial charge is 0.0295 e. The van der Waals surface area contributed by atoms with Crippen LogP contribution in [0.4, 0.5) is 0 Å². The molecule has 0 bridgehead atoms. The second-order valence-corrected chi connectivity index (χ2v) is 5.65. The summed E-state index contributed by atoms with van der Waals surface area (Å²) in [5.41, 5.74) is 1.38. The molecule has 0 nitrogen and oxygen atoms in total. The summed E-state index contributed by atoms with van der Waals surface area (Å²) in [5.74, 6) is 0. The minimum Gasteiger partial charge on any atom is -0.0876 e. The number of benzene rings is 4. The van der Waals surface area contributed by atoms with Gasteiger partial charge in [0.2, 0.25) is 0 Å². The summed E-state index contributed by atoms with van der Waals surface area (Å²) in [6.07, 6.45) is 0. The van der Waals surface area contributed by atoms with E-state index in [9.17, 15) is 0 Å². The van der Waals surface area contributed by atoms with E-state index in [4.69, 9.17) is 0 Å². The lowest BCUT2D eigenvalue weighted by molar-refractivity contribution is 1.54. The fraction of sp³-hybridized carbons (Fsp3) is 0.0526. The normalized spacial score (nSPS) is 11.4. The van der Waals surface area contributed by atoms with Crippen molar-refractivity contribution in [2.45, 2.75) is 5.33 Å². The number of fused-ring (bicyclic) bond motifs is 4. The molecule has 0 aliphatic rings. The summed E-state index contributed by atoms with van der Waals surface area (Å²) in [6.45, 7) is 0. The van der Waals surface area contributed by atoms with Gasteiger partial charge in [0.05, 0.1) is 0 Å². The molecule has 0 atom stereocenters. The summed E-state index contributed by atoms with van der Waals surface area (Å²) in [4.78, 5) is 0. The molecular weight excluding hydrogens is 308 g/mol. The average Bonchev–Trinajstić information content (AvgIpc) is 2.52. The molecule has 1 heteroatoms. The number of hydrogen-bond donors (Lipinski definition) is 0. The van der Waals surface area contributed by atoms with E-state index in [-0.39, 0.29) is 0 Å². The highest BCUT2D eigenvalue weighted by Gasteiger charge is 2.08. The maximum Gasteiger partial charge on any atom is 0.0295 e. The topological polar surface area (TPSA) is 0 Å². The van der Waals surface area contributed by atoms with E-state index in [2.05, 4.69) is 82.7 Å². The first-order valence-corrected chi connectivity index (χ1v) is 7.89. The van der Waals surface area contributed by atoms with Crippen LogP contribution in [0.1, 0.15) is 5.56 Å². The Labute approximate surface area is 126 Å². The van der Waals surface area contributed by atoms with Crippen molar-refractivity contribution in [3.8, 4) is 0 Å². The molecule has 0 aliphatic heterocycles. The molecule has 0 amide bonds. The number of hydrogen-bond acceptors (Lipinski definition) is 0. The van der Waals surface area contributed by atoms with Gasteiger partial charge in [0.15, 0.2) is 0 Å². The maximum absolute atomic E-state index is 3.66. The second kappa shape index (κ2) is 4.60. The molecule has 0 saturated heterocycles. The summed E-state index contributed by atoms with van der Waals surface area (Å²) in [6, 6.07) is 24.0. The lowest BCUT2D eigenvalue weighted by Gasteiger charge is -2.11. The molecule has 0 N–H and O–H groups in total. The zero-order valence-corrected chi connectivity index (χ0v) is 12.5. The molecule has 0 aromatic heterocycles. The average molecular weight is 321 g/mol. The zero-order valence-electron chi connectivity index (χ0n) is 10.9. The van der Waals surface area contributed by atoms with E-state index < -0.39 is 0 Å². The van der Waals surface area contributed by atoms with Crippen molar-refractivity contribution < 1.29 is 0 Å². The highest BCUT2D eigenvalue weighted by molar-refractivity contribution is 9.08. The Hall–Kier alpha value is -1.86. The Morgan fingerprint density at radius 1 is 0.600 bits per heavy atom. The van der Waals surface area contributed by atoms with Gasteiger partial charge in [0, 0.05) is 5.33 Å². The minimum atomic E-state index is 0.878. The van der Waals surface area contributed by atoms with E-state index in [1.165, 1.54) is 37.9 Å². The van der Waals surface area contributed by atoms with Crippen molar-refractivity contribution in [2.24, 2.45) is 0 Å². The van der Waals surface area contributed by atoms with Gasteiger partial charge in [-0.25, -0.2) is 0 Å². The van der Waals surface area contributed by atoms with Crippen LogP contribution in [-0.2, 0) is 5.33 Å². The number of alkyl halides is 1. The molecule has 20 heavy (non-hydrogen) atoms. The van der Waals surface area contributed by atoms with Crippen LogP contribution in [-0.4, -0.2) is 0 Å². The first kappa shape index (κ1) is 11.9. The Bertz CT molecular complexity index is 938. The quantitative estimate of drug-likeness (QED) is 0.228. The summed E-state index contributed by atoms with van der Waals surface area (Å²) in [7, 11) is 0. The van der Waals surface area contributed by atoms with Gasteiger partial charge < -0.3 is 0 Å². The van der Waals surface area contributed by atoms with Gasteiger partial charge in [-0.15, -0.1) is 0 Å². The fourth-order valence-corrected chi connectivity index (χ4v) is 3.66. The zero-order chi connectivity index (χ0) is 13.5. The van der Waals surface area contributed by atoms with Crippen LogP contribution in [0, 0.1) is 0 Å². The number of rotatable bonds is 1. The van der Waals surface area contributed by atoms with E-state index in [0.29, 0.717) is 0 Å². The molecule has 0 radical (unpaired) electrons. The molecule has 96 valence electrons. The summed E-state index contributed by atoms with van der Waals surface area (Å²) in [5, 5.41) is 8.85. The van der Waals surface area contributed by atoms with Gasteiger partial charge >= 0.3 is 0 Å². The SMILES string of the molecule is BrCc1c2ccccc2cc2c1ccc1ccccc12. The molecule has 4 rings (SSSR count). The van der Waals surface area contributed by atoms with E-state index in [1.807, 2.05) is 0 Å². The third-order valence-electron chi connectivity index (χ3n) is 4.02. The molecule has 0 unspecified atom stereocenters. The molecule has 4 aromatic carbocycles. The lowest BCUT2D eigenvalue weighted by Crippen LogP contribution is -1.87.